The molecular formula is C17H20ClN3O2. The Morgan fingerprint density at radius 3 is 3.04 bits per heavy atom. The lowest BCUT2D eigenvalue weighted by atomic mass is 9.97. The molecule has 122 valence electrons. The Morgan fingerprint density at radius 1 is 1.48 bits per heavy atom. The van der Waals surface area contributed by atoms with Gasteiger partial charge in [0.2, 0.25) is 5.91 Å². The average molecular weight is 334 g/mol. The minimum Gasteiger partial charge on any atom is -0.373 e. The minimum absolute atomic E-state index is 0.00399. The molecule has 2 atom stereocenters. The maximum absolute atomic E-state index is 12.1. The summed E-state index contributed by atoms with van der Waals surface area (Å²) in [6.07, 6.45) is 5.03. The molecule has 1 N–H and O–H groups in total. The van der Waals surface area contributed by atoms with Crippen LogP contribution in [-0.2, 0) is 23.0 Å². The van der Waals surface area contributed by atoms with E-state index < -0.39 is 0 Å². The summed E-state index contributed by atoms with van der Waals surface area (Å²) in [4.78, 5) is 12.1. The van der Waals surface area contributed by atoms with E-state index in [4.69, 9.17) is 16.3 Å². The summed E-state index contributed by atoms with van der Waals surface area (Å²) in [5, 5.41) is 7.82. The van der Waals surface area contributed by atoms with Crippen LogP contribution in [0.1, 0.15) is 23.7 Å². The van der Waals surface area contributed by atoms with Crippen LogP contribution in [0.3, 0.4) is 0 Å². The molecule has 0 aliphatic carbocycles. The van der Waals surface area contributed by atoms with E-state index in [9.17, 15) is 4.79 Å². The Bertz CT molecular complexity index is 686. The summed E-state index contributed by atoms with van der Waals surface area (Å²) in [6.45, 7) is 1.31. The molecule has 3 rings (SSSR count). The van der Waals surface area contributed by atoms with Crippen molar-refractivity contribution in [2.24, 2.45) is 13.0 Å². The van der Waals surface area contributed by atoms with Crippen molar-refractivity contribution in [1.29, 1.82) is 0 Å². The van der Waals surface area contributed by atoms with E-state index >= 15 is 0 Å². The van der Waals surface area contributed by atoms with Gasteiger partial charge in [-0.1, -0.05) is 29.8 Å². The predicted molar refractivity (Wildman–Crippen MR) is 88.2 cm³/mol. The first kappa shape index (κ1) is 16.0. The zero-order valence-electron chi connectivity index (χ0n) is 13.0. The molecule has 5 nitrogen and oxygen atoms in total. The smallest absolute Gasteiger partial charge is 0.224 e. The van der Waals surface area contributed by atoms with E-state index in [1.807, 2.05) is 37.6 Å². The van der Waals surface area contributed by atoms with Crippen LogP contribution in [0.2, 0.25) is 5.02 Å². The summed E-state index contributed by atoms with van der Waals surface area (Å²) >= 11 is 6.09. The van der Waals surface area contributed by atoms with E-state index in [1.165, 1.54) is 0 Å². The summed E-state index contributed by atoms with van der Waals surface area (Å²) in [5.41, 5.74) is 1.91. The third kappa shape index (κ3) is 3.92. The number of aromatic nitrogens is 2. The number of aryl methyl sites for hydroxylation is 1. The van der Waals surface area contributed by atoms with Gasteiger partial charge in [0.15, 0.2) is 0 Å². The van der Waals surface area contributed by atoms with Crippen molar-refractivity contribution in [3.63, 3.8) is 0 Å². The molecule has 1 aliphatic heterocycles. The van der Waals surface area contributed by atoms with E-state index in [0.29, 0.717) is 24.6 Å². The Labute approximate surface area is 140 Å². The predicted octanol–water partition coefficient (Wildman–Crippen LogP) is 2.51. The van der Waals surface area contributed by atoms with Gasteiger partial charge in [-0.2, -0.15) is 5.10 Å². The van der Waals surface area contributed by atoms with Crippen LogP contribution in [0, 0.1) is 5.92 Å². The lowest BCUT2D eigenvalue weighted by Crippen LogP contribution is -2.31. The van der Waals surface area contributed by atoms with Crippen LogP contribution in [0.5, 0.6) is 0 Å². The van der Waals surface area contributed by atoms with Gasteiger partial charge in [-0.05, 0) is 18.1 Å². The summed E-state index contributed by atoms with van der Waals surface area (Å²) in [7, 11) is 1.89. The zero-order chi connectivity index (χ0) is 16.2. The van der Waals surface area contributed by atoms with Gasteiger partial charge in [-0.25, -0.2) is 0 Å². The normalized spacial score (nSPS) is 20.6. The highest BCUT2D eigenvalue weighted by atomic mass is 35.5. The second-order valence-electron chi connectivity index (χ2n) is 5.86. The van der Waals surface area contributed by atoms with Crippen molar-refractivity contribution in [3.8, 4) is 0 Å². The highest BCUT2D eigenvalue weighted by molar-refractivity contribution is 6.31. The fourth-order valence-corrected chi connectivity index (χ4v) is 3.12. The van der Waals surface area contributed by atoms with E-state index in [-0.39, 0.29) is 17.9 Å². The lowest BCUT2D eigenvalue weighted by Gasteiger charge is -2.18. The van der Waals surface area contributed by atoms with Crippen molar-refractivity contribution < 1.29 is 9.53 Å². The molecule has 0 unspecified atom stereocenters. The van der Waals surface area contributed by atoms with Crippen molar-refractivity contribution >= 4 is 17.5 Å². The van der Waals surface area contributed by atoms with Gasteiger partial charge in [0.1, 0.15) is 0 Å². The average Bonchev–Trinajstić information content (AvgIpc) is 3.16. The van der Waals surface area contributed by atoms with Crippen molar-refractivity contribution in [2.45, 2.75) is 18.9 Å². The number of hydrogen-bond acceptors (Lipinski definition) is 3. The maximum atomic E-state index is 12.1. The third-order valence-corrected chi connectivity index (χ3v) is 4.51. The van der Waals surface area contributed by atoms with E-state index in [0.717, 1.165) is 17.5 Å². The largest absolute Gasteiger partial charge is 0.373 e. The molecule has 1 amide bonds. The molecule has 0 spiro atoms. The number of amides is 1. The van der Waals surface area contributed by atoms with Crippen LogP contribution in [0.25, 0.3) is 0 Å². The molecule has 1 saturated heterocycles. The van der Waals surface area contributed by atoms with Crippen molar-refractivity contribution in [1.82, 2.24) is 15.1 Å². The van der Waals surface area contributed by atoms with Crippen LogP contribution in [0.4, 0.5) is 0 Å². The van der Waals surface area contributed by atoms with Crippen LogP contribution < -0.4 is 5.32 Å². The Balaban J connectivity index is 1.55. The first-order valence-electron chi connectivity index (χ1n) is 7.73. The number of ether oxygens (including phenoxy) is 1. The topological polar surface area (TPSA) is 56.1 Å². The molecule has 1 fully saturated rings. The molecule has 0 saturated carbocycles. The fourth-order valence-electron chi connectivity index (χ4n) is 2.92. The third-order valence-electron chi connectivity index (χ3n) is 4.14. The molecule has 0 radical (unpaired) electrons. The molecule has 2 heterocycles. The number of carbonyl (C=O) groups is 1. The maximum Gasteiger partial charge on any atom is 0.224 e. The molecule has 1 aromatic heterocycles. The zero-order valence-corrected chi connectivity index (χ0v) is 13.8. The van der Waals surface area contributed by atoms with Crippen LogP contribution in [-0.4, -0.2) is 28.8 Å². The molecule has 2 aromatic rings. The van der Waals surface area contributed by atoms with Gasteiger partial charge in [0.05, 0.1) is 18.7 Å². The number of rotatable bonds is 5. The highest BCUT2D eigenvalue weighted by Gasteiger charge is 2.30. The Kier molecular flexibility index (Phi) is 4.98. The lowest BCUT2D eigenvalue weighted by molar-refractivity contribution is -0.120. The molecular weight excluding hydrogens is 314 g/mol. The summed E-state index contributed by atoms with van der Waals surface area (Å²) < 4.78 is 7.58. The van der Waals surface area contributed by atoms with E-state index in [1.54, 1.807) is 10.7 Å². The van der Waals surface area contributed by atoms with Crippen molar-refractivity contribution in [3.05, 3.63) is 52.8 Å². The summed E-state index contributed by atoms with van der Waals surface area (Å²) in [5.74, 6) is 0.254. The number of hydrogen-bond donors (Lipinski definition) is 1. The molecule has 1 aliphatic rings. The Morgan fingerprint density at radius 2 is 2.30 bits per heavy atom. The second kappa shape index (κ2) is 7.15. The SMILES string of the molecule is Cn1cc([C@@H]2OCC[C@H]2CNC(=O)Cc2ccccc2Cl)cn1. The van der Waals surface area contributed by atoms with Gasteiger partial charge in [-0.3, -0.25) is 9.48 Å². The molecule has 23 heavy (non-hydrogen) atoms. The number of benzene rings is 1. The first-order valence-corrected chi connectivity index (χ1v) is 8.11. The molecule has 1 aromatic carbocycles. The molecule has 0 bridgehead atoms. The van der Waals surface area contributed by atoms with Crippen molar-refractivity contribution in [2.75, 3.05) is 13.2 Å². The number of nitrogens with one attached hydrogen (secondary N) is 1. The molecule has 6 heteroatoms. The fraction of sp³-hybridized carbons (Fsp3) is 0.412. The Hall–Kier alpha value is -1.85. The van der Waals surface area contributed by atoms with Gasteiger partial charge in [-0.15, -0.1) is 0 Å². The van der Waals surface area contributed by atoms with Gasteiger partial charge >= 0.3 is 0 Å². The monoisotopic (exact) mass is 333 g/mol. The standard InChI is InChI=1S/C17H20ClN3O2/c1-21-11-14(10-20-21)17-13(6-7-23-17)9-19-16(22)8-12-4-2-3-5-15(12)18/h2-5,10-11,13,17H,6-9H2,1H3,(H,19,22)/t13-,17+/m0/s1. The number of halogens is 1. The number of nitrogens with zero attached hydrogens (tertiary/aromatic N) is 2. The summed E-state index contributed by atoms with van der Waals surface area (Å²) in [6, 6.07) is 7.42. The van der Waals surface area contributed by atoms with Gasteiger partial charge < -0.3 is 10.1 Å². The first-order chi connectivity index (χ1) is 11.1. The van der Waals surface area contributed by atoms with Gasteiger partial charge in [0.25, 0.3) is 0 Å². The second-order valence-corrected chi connectivity index (χ2v) is 6.27. The van der Waals surface area contributed by atoms with Crippen LogP contribution in [0.15, 0.2) is 36.7 Å². The quantitative estimate of drug-likeness (QED) is 0.914. The highest BCUT2D eigenvalue weighted by Crippen LogP contribution is 2.33. The van der Waals surface area contributed by atoms with Crippen LogP contribution >= 0.6 is 11.6 Å². The minimum atomic E-state index is -0.0186. The number of carbonyl (C=O) groups excluding carboxylic acids is 1. The van der Waals surface area contributed by atoms with E-state index in [2.05, 4.69) is 10.4 Å². The van der Waals surface area contributed by atoms with Gasteiger partial charge in [0, 0.05) is 42.9 Å².